The highest BCUT2D eigenvalue weighted by molar-refractivity contribution is 5.07. The van der Waals surface area contributed by atoms with E-state index in [4.69, 9.17) is 4.74 Å². The van der Waals surface area contributed by atoms with Crippen molar-refractivity contribution in [1.82, 2.24) is 9.88 Å². The van der Waals surface area contributed by atoms with Gasteiger partial charge in [-0.3, -0.25) is 0 Å². The molecule has 3 heteroatoms. The van der Waals surface area contributed by atoms with Gasteiger partial charge in [0.05, 0.1) is 5.60 Å². The molecule has 18 heavy (non-hydrogen) atoms. The lowest BCUT2D eigenvalue weighted by Gasteiger charge is -2.23. The van der Waals surface area contributed by atoms with Crippen molar-refractivity contribution in [2.24, 2.45) is 5.92 Å². The Balaban J connectivity index is 2.44. The summed E-state index contributed by atoms with van der Waals surface area (Å²) in [6, 6.07) is 4.30. The zero-order chi connectivity index (χ0) is 13.6. The fourth-order valence-corrected chi connectivity index (χ4v) is 1.81. The Morgan fingerprint density at radius 3 is 2.72 bits per heavy atom. The van der Waals surface area contributed by atoms with Crippen molar-refractivity contribution >= 4 is 0 Å². The molecule has 0 radical (unpaired) electrons. The molecule has 1 heterocycles. The molecule has 1 rings (SSSR count). The third kappa shape index (κ3) is 5.23. The monoisotopic (exact) mass is 252 g/mol. The van der Waals surface area contributed by atoms with Crippen molar-refractivity contribution < 1.29 is 4.74 Å². The Bertz CT molecular complexity index is 342. The number of aromatic nitrogens is 1. The van der Waals surface area contributed by atoms with E-state index in [-0.39, 0.29) is 5.60 Å². The molecule has 0 amide bonds. The molecule has 0 bridgehead atoms. The van der Waals surface area contributed by atoms with Crippen LogP contribution in [0.3, 0.4) is 0 Å². The molecule has 3 nitrogen and oxygen atoms in total. The van der Waals surface area contributed by atoms with Crippen LogP contribution >= 0.6 is 0 Å². The number of hydrogen-bond donors (Lipinski definition) is 1. The Hall–Kier alpha value is -0.800. The van der Waals surface area contributed by atoms with Crippen LogP contribution in [-0.4, -0.2) is 23.8 Å². The molecule has 0 aliphatic heterocycles. The summed E-state index contributed by atoms with van der Waals surface area (Å²) in [5.41, 5.74) is 1.30. The van der Waals surface area contributed by atoms with E-state index in [0.29, 0.717) is 5.92 Å². The predicted octanol–water partition coefficient (Wildman–Crippen LogP) is 3.05. The highest BCUT2D eigenvalue weighted by Gasteiger charge is 2.16. The summed E-state index contributed by atoms with van der Waals surface area (Å²) >= 11 is 0. The van der Waals surface area contributed by atoms with E-state index >= 15 is 0 Å². The molecule has 0 aliphatic rings. The summed E-state index contributed by atoms with van der Waals surface area (Å²) in [5.74, 6) is 0.695. The van der Waals surface area contributed by atoms with Crippen LogP contribution in [0.2, 0.25) is 0 Å². The molecule has 0 spiro atoms. The molecular weight excluding hydrogens is 224 g/mol. The number of aryl methyl sites for hydroxylation is 1. The van der Waals surface area contributed by atoms with E-state index in [1.807, 2.05) is 0 Å². The van der Waals surface area contributed by atoms with E-state index in [2.05, 4.69) is 55.9 Å². The molecule has 1 aromatic rings. The van der Waals surface area contributed by atoms with Gasteiger partial charge >= 0.3 is 0 Å². The maximum atomic E-state index is 5.46. The minimum atomic E-state index is -0.0487. The predicted molar refractivity (Wildman–Crippen MR) is 76.7 cm³/mol. The molecule has 1 aromatic heterocycles. The number of nitrogens with zero attached hydrogens (tertiary/aromatic N) is 1. The Morgan fingerprint density at radius 1 is 1.39 bits per heavy atom. The minimum absolute atomic E-state index is 0.0487. The van der Waals surface area contributed by atoms with Gasteiger partial charge in [-0.25, -0.2) is 0 Å². The molecular formula is C15H28N2O. The molecule has 0 atom stereocenters. The second-order valence-electron chi connectivity index (χ2n) is 5.93. The van der Waals surface area contributed by atoms with Gasteiger partial charge in [-0.2, -0.15) is 0 Å². The van der Waals surface area contributed by atoms with E-state index in [9.17, 15) is 0 Å². The normalized spacial score (nSPS) is 12.3. The summed E-state index contributed by atoms with van der Waals surface area (Å²) in [5, 5.41) is 3.49. The fourth-order valence-electron chi connectivity index (χ4n) is 1.81. The van der Waals surface area contributed by atoms with Crippen LogP contribution in [0.1, 0.15) is 39.8 Å². The number of rotatable bonds is 8. The average molecular weight is 252 g/mol. The van der Waals surface area contributed by atoms with Crippen molar-refractivity contribution in [2.45, 2.75) is 52.8 Å². The van der Waals surface area contributed by atoms with Gasteiger partial charge in [-0.15, -0.1) is 0 Å². The molecule has 0 aliphatic carbocycles. The number of methoxy groups -OCH3 is 1. The minimum Gasteiger partial charge on any atom is -0.379 e. The van der Waals surface area contributed by atoms with Gasteiger partial charge < -0.3 is 14.6 Å². The molecule has 1 N–H and O–H groups in total. The lowest BCUT2D eigenvalue weighted by Crippen LogP contribution is -2.25. The summed E-state index contributed by atoms with van der Waals surface area (Å²) in [4.78, 5) is 0. The van der Waals surface area contributed by atoms with Crippen LogP contribution in [0.25, 0.3) is 0 Å². The van der Waals surface area contributed by atoms with Gasteiger partial charge in [-0.1, -0.05) is 13.8 Å². The highest BCUT2D eigenvalue weighted by atomic mass is 16.5. The molecule has 104 valence electrons. The third-order valence-electron chi connectivity index (χ3n) is 3.29. The van der Waals surface area contributed by atoms with Crippen LogP contribution in [0, 0.1) is 5.92 Å². The lowest BCUT2D eigenvalue weighted by molar-refractivity contribution is 0.0119. The number of nitrogens with one attached hydrogen (secondary N) is 1. The molecule has 0 aromatic carbocycles. The zero-order valence-electron chi connectivity index (χ0n) is 12.5. The topological polar surface area (TPSA) is 26.2 Å². The van der Waals surface area contributed by atoms with Gasteiger partial charge in [-0.05, 0) is 44.9 Å². The third-order valence-corrected chi connectivity index (χ3v) is 3.29. The van der Waals surface area contributed by atoms with Crippen LogP contribution < -0.4 is 5.32 Å². The van der Waals surface area contributed by atoms with Crippen LogP contribution in [-0.2, 0) is 17.8 Å². The van der Waals surface area contributed by atoms with Crippen LogP contribution in [0.15, 0.2) is 18.3 Å². The number of ether oxygens (including phenoxy) is 1. The first-order valence-corrected chi connectivity index (χ1v) is 6.84. The van der Waals surface area contributed by atoms with Crippen LogP contribution in [0.5, 0.6) is 0 Å². The quantitative estimate of drug-likeness (QED) is 0.769. The summed E-state index contributed by atoms with van der Waals surface area (Å²) in [6.07, 6.45) is 3.17. The fraction of sp³-hybridized carbons (Fsp3) is 0.733. The maximum Gasteiger partial charge on any atom is 0.0639 e. The Labute approximate surface area is 112 Å². The summed E-state index contributed by atoms with van der Waals surface area (Å²) < 4.78 is 7.77. The van der Waals surface area contributed by atoms with E-state index in [0.717, 1.165) is 26.1 Å². The first kappa shape index (κ1) is 15.3. The smallest absolute Gasteiger partial charge is 0.0639 e. The SMILES string of the molecule is COC(C)(C)CCn1cccc1CNCC(C)C. The Morgan fingerprint density at radius 2 is 2.11 bits per heavy atom. The second-order valence-corrected chi connectivity index (χ2v) is 5.93. The van der Waals surface area contributed by atoms with E-state index in [1.54, 1.807) is 7.11 Å². The molecule has 0 unspecified atom stereocenters. The van der Waals surface area contributed by atoms with Gasteiger partial charge in [0.2, 0.25) is 0 Å². The Kier molecular flexibility index (Phi) is 5.89. The first-order valence-electron chi connectivity index (χ1n) is 6.84. The van der Waals surface area contributed by atoms with Gasteiger partial charge in [0.25, 0.3) is 0 Å². The van der Waals surface area contributed by atoms with Crippen molar-refractivity contribution in [3.63, 3.8) is 0 Å². The summed E-state index contributed by atoms with van der Waals surface area (Å²) in [6.45, 7) is 11.7. The molecule has 0 saturated carbocycles. The highest BCUT2D eigenvalue weighted by Crippen LogP contribution is 2.15. The maximum absolute atomic E-state index is 5.46. The zero-order valence-corrected chi connectivity index (χ0v) is 12.5. The average Bonchev–Trinajstić information content (AvgIpc) is 2.74. The number of hydrogen-bond acceptors (Lipinski definition) is 2. The van der Waals surface area contributed by atoms with E-state index < -0.39 is 0 Å². The first-order chi connectivity index (χ1) is 8.44. The lowest BCUT2D eigenvalue weighted by atomic mass is 10.1. The van der Waals surface area contributed by atoms with Crippen molar-refractivity contribution in [1.29, 1.82) is 0 Å². The van der Waals surface area contributed by atoms with Gasteiger partial charge in [0, 0.05) is 32.1 Å². The van der Waals surface area contributed by atoms with Crippen LogP contribution in [0.4, 0.5) is 0 Å². The molecule has 0 saturated heterocycles. The van der Waals surface area contributed by atoms with Crippen molar-refractivity contribution in [3.8, 4) is 0 Å². The van der Waals surface area contributed by atoms with Gasteiger partial charge in [0.1, 0.15) is 0 Å². The second kappa shape index (κ2) is 6.95. The largest absolute Gasteiger partial charge is 0.379 e. The van der Waals surface area contributed by atoms with Crippen molar-refractivity contribution in [2.75, 3.05) is 13.7 Å². The van der Waals surface area contributed by atoms with Gasteiger partial charge in [0.15, 0.2) is 0 Å². The summed E-state index contributed by atoms with van der Waals surface area (Å²) in [7, 11) is 1.78. The van der Waals surface area contributed by atoms with E-state index in [1.165, 1.54) is 5.69 Å². The van der Waals surface area contributed by atoms with Crippen molar-refractivity contribution in [3.05, 3.63) is 24.0 Å². The molecule has 0 fully saturated rings. The standard InChI is InChI=1S/C15H28N2O/c1-13(2)11-16-12-14-7-6-9-17(14)10-8-15(3,4)18-5/h6-7,9,13,16H,8,10-12H2,1-5H3.